The topological polar surface area (TPSA) is 64.9 Å². The summed E-state index contributed by atoms with van der Waals surface area (Å²) in [5.74, 6) is 0. The van der Waals surface area contributed by atoms with Crippen molar-refractivity contribution in [2.24, 2.45) is 5.16 Å². The number of nitrogens with one attached hydrogen (secondary N) is 1. The summed E-state index contributed by atoms with van der Waals surface area (Å²) in [6.07, 6.45) is 2.63. The summed E-state index contributed by atoms with van der Waals surface area (Å²) < 4.78 is 0. The van der Waals surface area contributed by atoms with Crippen LogP contribution in [0.25, 0.3) is 0 Å². The van der Waals surface area contributed by atoms with Crippen LogP contribution in [0.2, 0.25) is 0 Å². The van der Waals surface area contributed by atoms with Crippen LogP contribution in [0.15, 0.2) is 5.16 Å². The molecule has 1 fully saturated rings. The zero-order chi connectivity index (χ0) is 6.69. The molecule has 0 aromatic heterocycles. The molecule has 0 bridgehead atoms. The Hall–Kier alpha value is -0.610. The number of hydrogen-bond acceptors (Lipinski definition) is 4. The first-order valence-corrected chi connectivity index (χ1v) is 2.99. The van der Waals surface area contributed by atoms with E-state index in [1.54, 1.807) is 0 Å². The van der Waals surface area contributed by atoms with Gasteiger partial charge in [0.1, 0.15) is 0 Å². The molecular weight excluding hydrogens is 120 g/mol. The molecule has 0 amide bonds. The molecule has 1 aliphatic carbocycles. The van der Waals surface area contributed by atoms with Crippen LogP contribution in [0, 0.1) is 0 Å². The summed E-state index contributed by atoms with van der Waals surface area (Å²) in [4.78, 5) is 0. The van der Waals surface area contributed by atoms with Gasteiger partial charge in [-0.1, -0.05) is 5.16 Å². The summed E-state index contributed by atoms with van der Waals surface area (Å²) in [7, 11) is 0. The minimum absolute atomic E-state index is 0.116. The molecule has 1 aliphatic rings. The lowest BCUT2D eigenvalue weighted by molar-refractivity contribution is 0.148. The monoisotopic (exact) mass is 130 g/mol. The van der Waals surface area contributed by atoms with Gasteiger partial charge in [0.15, 0.2) is 0 Å². The Kier molecular flexibility index (Phi) is 2.02. The highest BCUT2D eigenvalue weighted by Crippen LogP contribution is 2.14. The number of rotatable bonds is 1. The van der Waals surface area contributed by atoms with Crippen LogP contribution in [-0.4, -0.2) is 22.2 Å². The quantitative estimate of drug-likeness (QED) is 0.354. The zero-order valence-electron chi connectivity index (χ0n) is 5.04. The first kappa shape index (κ1) is 6.51. The van der Waals surface area contributed by atoms with Gasteiger partial charge in [0.25, 0.3) is 0 Å². The average Bonchev–Trinajstić information content (AvgIpc) is 2.33. The van der Waals surface area contributed by atoms with Crippen molar-refractivity contribution in [2.45, 2.75) is 25.3 Å². The van der Waals surface area contributed by atoms with Gasteiger partial charge in [0.05, 0.1) is 11.8 Å². The Labute approximate surface area is 53.1 Å². The molecule has 0 unspecified atom stereocenters. The molecule has 1 atom stereocenters. The van der Waals surface area contributed by atoms with Crippen molar-refractivity contribution in [1.82, 2.24) is 5.48 Å². The van der Waals surface area contributed by atoms with Gasteiger partial charge in [-0.05, 0) is 19.3 Å². The predicted octanol–water partition coefficient (Wildman–Crippen LogP) is 0.348. The summed E-state index contributed by atoms with van der Waals surface area (Å²) in [5.41, 5.74) is 2.72. The van der Waals surface area contributed by atoms with Crippen LogP contribution in [0.4, 0.5) is 0 Å². The van der Waals surface area contributed by atoms with Gasteiger partial charge >= 0.3 is 0 Å². The van der Waals surface area contributed by atoms with Crippen molar-refractivity contribution >= 4 is 5.71 Å². The molecule has 4 nitrogen and oxygen atoms in total. The third kappa shape index (κ3) is 1.20. The summed E-state index contributed by atoms with van der Waals surface area (Å²) in [6.45, 7) is 0. The number of hydrogen-bond donors (Lipinski definition) is 3. The molecule has 52 valence electrons. The van der Waals surface area contributed by atoms with Crippen LogP contribution in [-0.2, 0) is 0 Å². The SMILES string of the molecule is O/N=C1/CCC[C@H]1NO. The van der Waals surface area contributed by atoms with Crippen molar-refractivity contribution in [3.05, 3.63) is 0 Å². The van der Waals surface area contributed by atoms with Crippen molar-refractivity contribution in [2.75, 3.05) is 0 Å². The fourth-order valence-electron chi connectivity index (χ4n) is 1.09. The molecule has 3 N–H and O–H groups in total. The van der Waals surface area contributed by atoms with Gasteiger partial charge < -0.3 is 10.4 Å². The molecule has 4 heteroatoms. The van der Waals surface area contributed by atoms with E-state index in [1.807, 2.05) is 0 Å². The third-order valence-electron chi connectivity index (χ3n) is 1.61. The highest BCUT2D eigenvalue weighted by atomic mass is 16.5. The summed E-state index contributed by atoms with van der Waals surface area (Å²) in [5, 5.41) is 19.8. The highest BCUT2D eigenvalue weighted by Gasteiger charge is 2.21. The largest absolute Gasteiger partial charge is 0.411 e. The second-order valence-corrected chi connectivity index (χ2v) is 2.17. The van der Waals surface area contributed by atoms with Crippen LogP contribution >= 0.6 is 0 Å². The first-order chi connectivity index (χ1) is 4.38. The molecule has 0 aromatic carbocycles. The van der Waals surface area contributed by atoms with Crippen LogP contribution < -0.4 is 5.48 Å². The van der Waals surface area contributed by atoms with Crippen molar-refractivity contribution in [3.8, 4) is 0 Å². The van der Waals surface area contributed by atoms with E-state index in [2.05, 4.69) is 10.6 Å². The van der Waals surface area contributed by atoms with E-state index in [1.165, 1.54) is 0 Å². The standard InChI is InChI=1S/C5H10N2O2/c8-6-4-2-1-3-5(4)7-9/h4,6,8-9H,1-3H2/b7-5-/t4-/m1/s1. The van der Waals surface area contributed by atoms with Gasteiger partial charge in [-0.3, -0.25) is 0 Å². The molecule has 0 saturated heterocycles. The molecule has 0 radical (unpaired) electrons. The fourth-order valence-corrected chi connectivity index (χ4v) is 1.09. The Morgan fingerprint density at radius 1 is 1.67 bits per heavy atom. The zero-order valence-corrected chi connectivity index (χ0v) is 5.04. The van der Waals surface area contributed by atoms with Crippen molar-refractivity contribution < 1.29 is 10.4 Å². The van der Waals surface area contributed by atoms with Gasteiger partial charge in [-0.25, -0.2) is 0 Å². The Morgan fingerprint density at radius 2 is 2.44 bits per heavy atom. The second-order valence-electron chi connectivity index (χ2n) is 2.17. The smallest absolute Gasteiger partial charge is 0.0763 e. The lowest BCUT2D eigenvalue weighted by Crippen LogP contribution is -2.29. The second kappa shape index (κ2) is 2.80. The number of oxime groups is 1. The van der Waals surface area contributed by atoms with E-state index < -0.39 is 0 Å². The maximum atomic E-state index is 8.43. The van der Waals surface area contributed by atoms with Gasteiger partial charge in [0, 0.05) is 0 Å². The minimum atomic E-state index is -0.116. The highest BCUT2D eigenvalue weighted by molar-refractivity contribution is 5.90. The van der Waals surface area contributed by atoms with Gasteiger partial charge in [0.2, 0.25) is 0 Å². The van der Waals surface area contributed by atoms with E-state index in [0.29, 0.717) is 5.71 Å². The Morgan fingerprint density at radius 3 is 2.89 bits per heavy atom. The maximum absolute atomic E-state index is 8.43. The first-order valence-electron chi connectivity index (χ1n) is 2.99. The van der Waals surface area contributed by atoms with Gasteiger partial charge in [-0.2, -0.15) is 5.48 Å². The van der Waals surface area contributed by atoms with Crippen LogP contribution in [0.1, 0.15) is 19.3 Å². The molecule has 1 rings (SSSR count). The molecule has 0 heterocycles. The van der Waals surface area contributed by atoms with Crippen molar-refractivity contribution in [1.29, 1.82) is 0 Å². The lowest BCUT2D eigenvalue weighted by atomic mass is 10.2. The van der Waals surface area contributed by atoms with Crippen LogP contribution in [0.5, 0.6) is 0 Å². The number of hydroxylamine groups is 1. The fraction of sp³-hybridized carbons (Fsp3) is 0.800. The van der Waals surface area contributed by atoms with Gasteiger partial charge in [-0.15, -0.1) is 0 Å². The summed E-state index contributed by atoms with van der Waals surface area (Å²) in [6, 6.07) is -0.116. The van der Waals surface area contributed by atoms with Crippen LogP contribution in [0.3, 0.4) is 0 Å². The van der Waals surface area contributed by atoms with E-state index >= 15 is 0 Å². The van der Waals surface area contributed by atoms with E-state index in [4.69, 9.17) is 10.4 Å². The average molecular weight is 130 g/mol. The number of nitrogens with zero attached hydrogens (tertiary/aromatic N) is 1. The summed E-state index contributed by atoms with van der Waals surface area (Å²) >= 11 is 0. The molecular formula is C5H10N2O2. The minimum Gasteiger partial charge on any atom is -0.411 e. The third-order valence-corrected chi connectivity index (χ3v) is 1.61. The predicted molar refractivity (Wildman–Crippen MR) is 31.8 cm³/mol. The normalized spacial score (nSPS) is 31.7. The molecule has 1 saturated carbocycles. The van der Waals surface area contributed by atoms with E-state index in [9.17, 15) is 0 Å². The molecule has 0 aliphatic heterocycles. The van der Waals surface area contributed by atoms with Crippen molar-refractivity contribution in [3.63, 3.8) is 0 Å². The molecule has 9 heavy (non-hydrogen) atoms. The van der Waals surface area contributed by atoms with E-state index in [-0.39, 0.29) is 6.04 Å². The Balaban J connectivity index is 2.52. The lowest BCUT2D eigenvalue weighted by Gasteiger charge is -2.04. The molecule has 0 spiro atoms. The Bertz CT molecular complexity index is 124. The maximum Gasteiger partial charge on any atom is 0.0763 e. The van der Waals surface area contributed by atoms with E-state index in [0.717, 1.165) is 19.3 Å². The molecule has 0 aromatic rings.